The van der Waals surface area contributed by atoms with Crippen molar-refractivity contribution in [3.8, 4) is 11.3 Å². The van der Waals surface area contributed by atoms with Gasteiger partial charge in [-0.1, -0.05) is 46.8 Å². The Morgan fingerprint density at radius 3 is 2.71 bits per heavy atom. The zero-order chi connectivity index (χ0) is 11.8. The zero-order valence-electron chi connectivity index (χ0n) is 8.92. The van der Waals surface area contributed by atoms with Crippen LogP contribution in [-0.2, 0) is 0 Å². The van der Waals surface area contributed by atoms with E-state index >= 15 is 0 Å². The Balaban J connectivity index is 2.06. The quantitative estimate of drug-likeness (QED) is 0.669. The van der Waals surface area contributed by atoms with Gasteiger partial charge >= 0.3 is 0 Å². The first-order valence-corrected chi connectivity index (χ1v) is 7.34. The molecule has 0 aliphatic carbocycles. The Hall–Kier alpha value is -1.04. The maximum Gasteiger partial charge on any atom is 0.213 e. The summed E-state index contributed by atoms with van der Waals surface area (Å²) in [4.78, 5) is 5.46. The third kappa shape index (κ3) is 2.06. The fraction of sp³-hybridized carbons (Fsp3) is 0.0909. The van der Waals surface area contributed by atoms with Crippen LogP contribution >= 0.6 is 34.7 Å². The first kappa shape index (κ1) is 11.1. The van der Waals surface area contributed by atoms with Crippen LogP contribution < -0.4 is 0 Å². The van der Waals surface area contributed by atoms with E-state index in [2.05, 4.69) is 10.1 Å². The number of benzene rings is 1. The summed E-state index contributed by atoms with van der Waals surface area (Å²) < 4.78 is 2.84. The molecule has 0 amide bonds. The molecule has 0 aliphatic heterocycles. The van der Waals surface area contributed by atoms with Gasteiger partial charge in [-0.2, -0.15) is 0 Å². The number of fused-ring (bicyclic) bond motifs is 1. The van der Waals surface area contributed by atoms with Crippen LogP contribution in [0, 0.1) is 0 Å². The van der Waals surface area contributed by atoms with E-state index in [-0.39, 0.29) is 0 Å². The fourth-order valence-corrected chi connectivity index (χ4v) is 2.99. The summed E-state index contributed by atoms with van der Waals surface area (Å²) >= 11 is 9.08. The Kier molecular flexibility index (Phi) is 2.82. The Bertz CT molecular complexity index is 625. The molecule has 2 aromatic heterocycles. The van der Waals surface area contributed by atoms with E-state index in [0.29, 0.717) is 0 Å². The van der Waals surface area contributed by atoms with Gasteiger partial charge in [0.1, 0.15) is 0 Å². The van der Waals surface area contributed by atoms with Gasteiger partial charge in [0.05, 0.1) is 11.9 Å². The molecule has 17 heavy (non-hydrogen) atoms. The summed E-state index contributed by atoms with van der Waals surface area (Å²) in [6, 6.07) is 7.66. The average molecular weight is 282 g/mol. The molecule has 86 valence electrons. The van der Waals surface area contributed by atoms with Crippen molar-refractivity contribution in [2.45, 2.75) is 4.34 Å². The summed E-state index contributed by atoms with van der Waals surface area (Å²) in [5.41, 5.74) is 1.98. The average Bonchev–Trinajstić information content (AvgIpc) is 2.87. The molecule has 0 spiro atoms. The lowest BCUT2D eigenvalue weighted by molar-refractivity contribution is 0.916. The molecule has 0 saturated carbocycles. The van der Waals surface area contributed by atoms with E-state index < -0.39 is 0 Å². The van der Waals surface area contributed by atoms with Crippen molar-refractivity contribution in [3.63, 3.8) is 0 Å². The number of rotatable bonds is 2. The van der Waals surface area contributed by atoms with E-state index in [9.17, 15) is 0 Å². The van der Waals surface area contributed by atoms with Gasteiger partial charge in [0, 0.05) is 10.6 Å². The molecular formula is C11H8ClN3S2. The minimum Gasteiger partial charge on any atom is -0.217 e. The molecule has 3 aromatic rings. The lowest BCUT2D eigenvalue weighted by atomic mass is 10.2. The van der Waals surface area contributed by atoms with Gasteiger partial charge < -0.3 is 0 Å². The van der Waals surface area contributed by atoms with Crippen molar-refractivity contribution in [1.82, 2.24) is 14.6 Å². The van der Waals surface area contributed by atoms with Crippen molar-refractivity contribution in [1.29, 1.82) is 0 Å². The molecule has 6 heteroatoms. The van der Waals surface area contributed by atoms with Gasteiger partial charge in [-0.3, -0.25) is 0 Å². The molecule has 0 radical (unpaired) electrons. The lowest BCUT2D eigenvalue weighted by Crippen LogP contribution is -1.80. The third-order valence-corrected chi connectivity index (χ3v) is 4.49. The van der Waals surface area contributed by atoms with Gasteiger partial charge in [0.15, 0.2) is 4.34 Å². The molecule has 2 heterocycles. The molecule has 1 aromatic carbocycles. The van der Waals surface area contributed by atoms with Crippen LogP contribution in [0.2, 0.25) is 5.02 Å². The Labute approximate surface area is 111 Å². The molecule has 3 rings (SSSR count). The SMILES string of the molecule is CSc1nn2cc(-c3ccc(Cl)cc3)nc2s1. The number of hydrogen-bond acceptors (Lipinski definition) is 4. The van der Waals surface area contributed by atoms with Crippen molar-refractivity contribution < 1.29 is 0 Å². The second-order valence-electron chi connectivity index (χ2n) is 3.43. The molecular weight excluding hydrogens is 274 g/mol. The van der Waals surface area contributed by atoms with E-state index in [1.54, 1.807) is 23.1 Å². The Morgan fingerprint density at radius 2 is 2.06 bits per heavy atom. The van der Waals surface area contributed by atoms with E-state index in [0.717, 1.165) is 25.6 Å². The molecule has 0 saturated heterocycles. The Morgan fingerprint density at radius 1 is 1.29 bits per heavy atom. The van der Waals surface area contributed by atoms with Crippen molar-refractivity contribution in [3.05, 3.63) is 35.5 Å². The summed E-state index contributed by atoms with van der Waals surface area (Å²) in [6.45, 7) is 0. The van der Waals surface area contributed by atoms with Gasteiger partial charge in [-0.25, -0.2) is 9.50 Å². The largest absolute Gasteiger partial charge is 0.217 e. The molecule has 0 atom stereocenters. The second kappa shape index (κ2) is 4.33. The first-order valence-electron chi connectivity index (χ1n) is 4.92. The highest BCUT2D eigenvalue weighted by Gasteiger charge is 2.08. The van der Waals surface area contributed by atoms with Gasteiger partial charge in [-0.15, -0.1) is 5.10 Å². The molecule has 0 unspecified atom stereocenters. The number of halogens is 1. The maximum absolute atomic E-state index is 5.86. The molecule has 3 nitrogen and oxygen atoms in total. The molecule has 0 N–H and O–H groups in total. The van der Waals surface area contributed by atoms with Crippen LogP contribution in [0.15, 0.2) is 34.8 Å². The highest BCUT2D eigenvalue weighted by Crippen LogP contribution is 2.26. The highest BCUT2D eigenvalue weighted by molar-refractivity contribution is 8.00. The summed E-state index contributed by atoms with van der Waals surface area (Å²) in [5, 5.41) is 5.14. The maximum atomic E-state index is 5.86. The van der Waals surface area contributed by atoms with Crippen LogP contribution in [0.1, 0.15) is 0 Å². The van der Waals surface area contributed by atoms with E-state index in [1.165, 1.54) is 0 Å². The van der Waals surface area contributed by atoms with Gasteiger partial charge in [-0.05, 0) is 18.4 Å². The summed E-state index contributed by atoms with van der Waals surface area (Å²) in [6.07, 6.45) is 3.95. The third-order valence-electron chi connectivity index (χ3n) is 2.34. The molecule has 0 bridgehead atoms. The van der Waals surface area contributed by atoms with Crippen LogP contribution in [-0.4, -0.2) is 20.9 Å². The number of aromatic nitrogens is 3. The minimum atomic E-state index is 0.734. The fourth-order valence-electron chi connectivity index (χ4n) is 1.52. The van der Waals surface area contributed by atoms with E-state index in [1.807, 2.05) is 41.2 Å². The van der Waals surface area contributed by atoms with Crippen molar-refractivity contribution >= 4 is 39.7 Å². The van der Waals surface area contributed by atoms with E-state index in [4.69, 9.17) is 11.6 Å². The summed E-state index contributed by atoms with van der Waals surface area (Å²) in [5.74, 6) is 0. The minimum absolute atomic E-state index is 0.734. The number of thioether (sulfide) groups is 1. The van der Waals surface area contributed by atoms with Gasteiger partial charge in [0.2, 0.25) is 4.96 Å². The van der Waals surface area contributed by atoms with Crippen LogP contribution in [0.4, 0.5) is 0 Å². The topological polar surface area (TPSA) is 30.2 Å². The molecule has 0 aliphatic rings. The zero-order valence-corrected chi connectivity index (χ0v) is 11.3. The predicted molar refractivity (Wildman–Crippen MR) is 73.1 cm³/mol. The van der Waals surface area contributed by atoms with Crippen molar-refractivity contribution in [2.75, 3.05) is 6.26 Å². The lowest BCUT2D eigenvalue weighted by Gasteiger charge is -1.95. The molecule has 0 fully saturated rings. The normalized spacial score (nSPS) is 11.2. The van der Waals surface area contributed by atoms with Gasteiger partial charge in [0.25, 0.3) is 0 Å². The number of hydrogen-bond donors (Lipinski definition) is 0. The number of imidazole rings is 1. The second-order valence-corrected chi connectivity index (χ2v) is 5.88. The van der Waals surface area contributed by atoms with Crippen LogP contribution in [0.25, 0.3) is 16.2 Å². The van der Waals surface area contributed by atoms with Crippen molar-refractivity contribution in [2.24, 2.45) is 0 Å². The van der Waals surface area contributed by atoms with Crippen LogP contribution in [0.5, 0.6) is 0 Å². The predicted octanol–water partition coefficient (Wildman–Crippen LogP) is 3.83. The standard InChI is InChI=1S/C11H8ClN3S2/c1-16-11-14-15-6-9(13-10(15)17-11)7-2-4-8(12)5-3-7/h2-6H,1H3. The first-order chi connectivity index (χ1) is 8.26. The monoisotopic (exact) mass is 281 g/mol. The number of nitrogens with zero attached hydrogens (tertiary/aromatic N) is 3. The summed E-state index contributed by atoms with van der Waals surface area (Å²) in [7, 11) is 0. The smallest absolute Gasteiger partial charge is 0.213 e. The highest BCUT2D eigenvalue weighted by atomic mass is 35.5. The van der Waals surface area contributed by atoms with Crippen LogP contribution in [0.3, 0.4) is 0 Å².